The molecule has 1 heterocycles. The highest BCUT2D eigenvalue weighted by Crippen LogP contribution is 2.22. The summed E-state index contributed by atoms with van der Waals surface area (Å²) in [7, 11) is -2.45. The van der Waals surface area contributed by atoms with Gasteiger partial charge in [-0.2, -0.15) is 0 Å². The van der Waals surface area contributed by atoms with E-state index in [1.54, 1.807) is 18.2 Å². The monoisotopic (exact) mass is 448 g/mol. The maximum Gasteiger partial charge on any atom is 0.288 e. The van der Waals surface area contributed by atoms with E-state index in [9.17, 15) is 26.8 Å². The minimum absolute atomic E-state index is 0.00314. The summed E-state index contributed by atoms with van der Waals surface area (Å²) in [5, 5.41) is 4.70. The van der Waals surface area contributed by atoms with Gasteiger partial charge in [0.2, 0.25) is 5.91 Å². The van der Waals surface area contributed by atoms with Gasteiger partial charge in [-0.15, -0.1) is 0 Å². The van der Waals surface area contributed by atoms with E-state index in [0.717, 1.165) is 24.5 Å². The number of carbonyl (C=O) groups is 2. The van der Waals surface area contributed by atoms with E-state index in [1.807, 2.05) is 0 Å². The first kappa shape index (κ1) is 22.2. The fraction of sp³-hybridized carbons (Fsp3) is 0.143. The van der Waals surface area contributed by atoms with E-state index in [0.29, 0.717) is 0 Å². The van der Waals surface area contributed by atoms with Crippen molar-refractivity contribution in [1.82, 2.24) is 10.6 Å². The van der Waals surface area contributed by atoms with E-state index in [2.05, 4.69) is 10.6 Å². The molecule has 0 spiro atoms. The smallest absolute Gasteiger partial charge is 0.288 e. The fourth-order valence-corrected chi connectivity index (χ4v) is 4.27. The second kappa shape index (κ2) is 9.09. The van der Waals surface area contributed by atoms with Crippen molar-refractivity contribution in [3.05, 3.63) is 89.4 Å². The molecule has 2 aromatic carbocycles. The molecule has 1 aromatic heterocycles. The molecule has 0 radical (unpaired) electrons. The molecule has 2 amide bonds. The lowest BCUT2D eigenvalue weighted by Gasteiger charge is -2.17. The summed E-state index contributed by atoms with van der Waals surface area (Å²) >= 11 is 0. The van der Waals surface area contributed by atoms with E-state index in [-0.39, 0.29) is 21.8 Å². The first-order valence-corrected chi connectivity index (χ1v) is 10.7. The lowest BCUT2D eigenvalue weighted by atomic mass is 10.1. The largest absolute Gasteiger partial charge is 0.459 e. The van der Waals surface area contributed by atoms with Crippen molar-refractivity contribution < 1.29 is 31.2 Å². The van der Waals surface area contributed by atoms with Crippen LogP contribution in [0.1, 0.15) is 27.7 Å². The first-order valence-electron chi connectivity index (χ1n) is 9.04. The molecular weight excluding hydrogens is 430 g/mol. The third-order valence-electron chi connectivity index (χ3n) is 4.46. The Morgan fingerprint density at radius 1 is 1.03 bits per heavy atom. The second-order valence-electron chi connectivity index (χ2n) is 6.54. The lowest BCUT2D eigenvalue weighted by molar-refractivity contribution is -0.122. The lowest BCUT2D eigenvalue weighted by Crippen LogP contribution is -2.39. The zero-order valence-corrected chi connectivity index (χ0v) is 17.1. The van der Waals surface area contributed by atoms with E-state index in [4.69, 9.17) is 4.42 Å². The van der Waals surface area contributed by atoms with Crippen LogP contribution in [0.5, 0.6) is 0 Å². The predicted octanol–water partition coefficient (Wildman–Crippen LogP) is 2.75. The van der Waals surface area contributed by atoms with Crippen LogP contribution in [-0.4, -0.2) is 27.3 Å². The van der Waals surface area contributed by atoms with E-state index >= 15 is 0 Å². The Bertz CT molecular complexity index is 1210. The number of rotatable bonds is 7. The second-order valence-corrected chi connectivity index (χ2v) is 8.53. The summed E-state index contributed by atoms with van der Waals surface area (Å²) in [5.41, 5.74) is 0.0823. The minimum atomic E-state index is -3.76. The highest BCUT2D eigenvalue weighted by Gasteiger charge is 2.28. The molecule has 0 saturated carbocycles. The van der Waals surface area contributed by atoms with Crippen LogP contribution in [-0.2, 0) is 20.4 Å². The summed E-state index contributed by atoms with van der Waals surface area (Å²) in [5.74, 6) is -4.69. The molecule has 31 heavy (non-hydrogen) atoms. The number of hydrogen-bond acceptors (Lipinski definition) is 5. The quantitative estimate of drug-likeness (QED) is 0.578. The number of amides is 2. The normalized spacial score (nSPS) is 12.2. The van der Waals surface area contributed by atoms with Crippen LogP contribution >= 0.6 is 0 Å². The first-order chi connectivity index (χ1) is 14.7. The zero-order valence-electron chi connectivity index (χ0n) is 16.3. The number of nitrogens with one attached hydrogen (secondary N) is 2. The SMILES string of the molecule is CNC(=O)C(NC(=O)c1occc1CS(=O)(=O)c1ccccc1)c1ccc(F)c(F)c1. The number of halogens is 2. The van der Waals surface area contributed by atoms with E-state index in [1.165, 1.54) is 25.2 Å². The van der Waals surface area contributed by atoms with E-state index < -0.39 is 45.1 Å². The number of furan rings is 1. The summed E-state index contributed by atoms with van der Waals surface area (Å²) in [4.78, 5) is 25.1. The topological polar surface area (TPSA) is 105 Å². The van der Waals surface area contributed by atoms with Crippen LogP contribution < -0.4 is 10.6 Å². The van der Waals surface area contributed by atoms with Gasteiger partial charge >= 0.3 is 0 Å². The van der Waals surface area contributed by atoms with Crippen molar-refractivity contribution in [2.24, 2.45) is 0 Å². The minimum Gasteiger partial charge on any atom is -0.459 e. The van der Waals surface area contributed by atoms with Gasteiger partial charge < -0.3 is 15.1 Å². The number of benzene rings is 2. The van der Waals surface area contributed by atoms with Gasteiger partial charge in [0.15, 0.2) is 27.2 Å². The molecule has 3 rings (SSSR count). The van der Waals surface area contributed by atoms with Gasteiger partial charge in [0.05, 0.1) is 16.9 Å². The van der Waals surface area contributed by atoms with Crippen LogP contribution in [0.3, 0.4) is 0 Å². The van der Waals surface area contributed by atoms with Gasteiger partial charge in [-0.05, 0) is 35.9 Å². The number of sulfone groups is 1. The Hall–Kier alpha value is -3.53. The van der Waals surface area contributed by atoms with Crippen molar-refractivity contribution >= 4 is 21.7 Å². The highest BCUT2D eigenvalue weighted by atomic mass is 32.2. The van der Waals surface area contributed by atoms with Crippen molar-refractivity contribution in [1.29, 1.82) is 0 Å². The molecule has 10 heteroatoms. The Morgan fingerprint density at radius 2 is 1.74 bits per heavy atom. The summed E-state index contributed by atoms with van der Waals surface area (Å²) < 4.78 is 57.3. The standard InChI is InChI=1S/C21H18F2N2O5S/c1-24-20(26)18(13-7-8-16(22)17(23)11-13)25-21(27)19-14(9-10-30-19)12-31(28,29)15-5-3-2-4-6-15/h2-11,18H,12H2,1H3,(H,24,26)(H,25,27). The number of hydrogen-bond donors (Lipinski definition) is 2. The van der Waals surface area contributed by atoms with Gasteiger partial charge in [-0.3, -0.25) is 9.59 Å². The Balaban J connectivity index is 1.86. The molecule has 1 unspecified atom stereocenters. The molecule has 0 aliphatic carbocycles. The molecule has 3 aromatic rings. The van der Waals surface area contributed by atoms with Crippen molar-refractivity contribution in [3.63, 3.8) is 0 Å². The molecule has 2 N–H and O–H groups in total. The van der Waals surface area contributed by atoms with Crippen molar-refractivity contribution in [2.75, 3.05) is 7.05 Å². The molecule has 0 saturated heterocycles. The summed E-state index contributed by atoms with van der Waals surface area (Å²) in [6.45, 7) is 0. The number of likely N-dealkylation sites (N-methyl/N-ethyl adjacent to an activating group) is 1. The molecule has 162 valence electrons. The third-order valence-corrected chi connectivity index (χ3v) is 6.14. The summed E-state index contributed by atoms with van der Waals surface area (Å²) in [6.07, 6.45) is 1.15. The molecule has 7 nitrogen and oxygen atoms in total. The number of carbonyl (C=O) groups excluding carboxylic acids is 2. The van der Waals surface area contributed by atoms with Gasteiger partial charge in [-0.25, -0.2) is 17.2 Å². The van der Waals surface area contributed by atoms with Crippen LogP contribution in [0.25, 0.3) is 0 Å². The molecular formula is C21H18F2N2O5S. The van der Waals surface area contributed by atoms with Gasteiger partial charge in [-0.1, -0.05) is 24.3 Å². The Labute approximate surface area is 177 Å². The molecule has 0 aliphatic rings. The Morgan fingerprint density at radius 3 is 2.39 bits per heavy atom. The maximum atomic E-state index is 13.6. The van der Waals surface area contributed by atoms with Gasteiger partial charge in [0.1, 0.15) is 6.04 Å². The molecule has 0 aliphatic heterocycles. The van der Waals surface area contributed by atoms with Crippen LogP contribution in [0.15, 0.2) is 70.2 Å². The third kappa shape index (κ3) is 4.97. The summed E-state index contributed by atoms with van der Waals surface area (Å²) in [6, 6.07) is 10.4. The molecule has 0 bridgehead atoms. The fourth-order valence-electron chi connectivity index (χ4n) is 2.90. The average Bonchev–Trinajstić information content (AvgIpc) is 3.21. The maximum absolute atomic E-state index is 13.6. The predicted molar refractivity (Wildman–Crippen MR) is 107 cm³/mol. The highest BCUT2D eigenvalue weighted by molar-refractivity contribution is 7.90. The molecule has 1 atom stereocenters. The molecule has 0 fully saturated rings. The van der Waals surface area contributed by atoms with Crippen LogP contribution in [0.2, 0.25) is 0 Å². The Kier molecular flexibility index (Phi) is 6.50. The van der Waals surface area contributed by atoms with Crippen molar-refractivity contribution in [3.8, 4) is 0 Å². The van der Waals surface area contributed by atoms with Crippen molar-refractivity contribution in [2.45, 2.75) is 16.7 Å². The van der Waals surface area contributed by atoms with Gasteiger partial charge in [0, 0.05) is 12.6 Å². The van der Waals surface area contributed by atoms with Crippen LogP contribution in [0.4, 0.5) is 8.78 Å². The van der Waals surface area contributed by atoms with Gasteiger partial charge in [0.25, 0.3) is 5.91 Å². The van der Waals surface area contributed by atoms with Crippen LogP contribution in [0, 0.1) is 11.6 Å². The average molecular weight is 448 g/mol. The zero-order chi connectivity index (χ0) is 22.6.